The van der Waals surface area contributed by atoms with Crippen molar-refractivity contribution >= 4 is 5.91 Å². The molecule has 0 aromatic rings. The predicted molar refractivity (Wildman–Crippen MR) is 80.2 cm³/mol. The maximum absolute atomic E-state index is 11.4. The molecule has 2 fully saturated rings. The van der Waals surface area contributed by atoms with Crippen molar-refractivity contribution < 1.29 is 54.8 Å². The van der Waals surface area contributed by atoms with Crippen molar-refractivity contribution in [2.45, 2.75) is 68.3 Å². The Labute approximate surface area is 148 Å². The number of nitrogens with one attached hydrogen (secondary N) is 1. The number of carbonyl (C=O) groups is 1. The molecular formula is C14H25NO11. The van der Waals surface area contributed by atoms with Crippen molar-refractivity contribution in [1.82, 2.24) is 5.32 Å². The van der Waals surface area contributed by atoms with Gasteiger partial charge in [-0.2, -0.15) is 0 Å². The highest BCUT2D eigenvalue weighted by Crippen LogP contribution is 2.28. The fourth-order valence-electron chi connectivity index (χ4n) is 3.00. The minimum absolute atomic E-state index is 0.539. The van der Waals surface area contributed by atoms with Crippen LogP contribution in [0.3, 0.4) is 0 Å². The fraction of sp³-hybridized carbons (Fsp3) is 0.929. The van der Waals surface area contributed by atoms with E-state index in [4.69, 9.17) is 14.2 Å². The average molecular weight is 383 g/mol. The minimum atomic E-state index is -1.76. The monoisotopic (exact) mass is 383 g/mol. The van der Waals surface area contributed by atoms with Gasteiger partial charge in [-0.05, 0) is 0 Å². The van der Waals surface area contributed by atoms with Gasteiger partial charge in [-0.25, -0.2) is 0 Å². The first-order valence-electron chi connectivity index (χ1n) is 8.06. The lowest BCUT2D eigenvalue weighted by Crippen LogP contribution is -2.67. The summed E-state index contributed by atoms with van der Waals surface area (Å²) in [5.41, 5.74) is 0. The lowest BCUT2D eigenvalue weighted by molar-refractivity contribution is -0.343. The molecule has 0 aromatic heterocycles. The van der Waals surface area contributed by atoms with Gasteiger partial charge < -0.3 is 55.3 Å². The molecule has 0 saturated carbocycles. The molecule has 152 valence electrons. The van der Waals surface area contributed by atoms with Crippen molar-refractivity contribution in [3.8, 4) is 0 Å². The Bertz CT molecular complexity index is 478. The Morgan fingerprint density at radius 2 is 1.54 bits per heavy atom. The van der Waals surface area contributed by atoms with Gasteiger partial charge >= 0.3 is 0 Å². The molecule has 26 heavy (non-hydrogen) atoms. The maximum atomic E-state index is 11.4. The third kappa shape index (κ3) is 4.31. The smallest absolute Gasteiger partial charge is 0.217 e. The van der Waals surface area contributed by atoms with Crippen LogP contribution in [-0.4, -0.2) is 116 Å². The van der Waals surface area contributed by atoms with Crippen LogP contribution in [0.2, 0.25) is 0 Å². The average Bonchev–Trinajstić information content (AvgIpc) is 2.60. The van der Waals surface area contributed by atoms with Crippen LogP contribution in [-0.2, 0) is 19.0 Å². The first kappa shape index (κ1) is 21.4. The SMILES string of the molecule is CC(=O)N[C@@H]1[C@H](O[C@@H]2O[C@H](CO)[C@H](O)[C@H](O)[C@H]2O)[C@@H](O)[C@@H](O)O[C@@H]1CO. The van der Waals surface area contributed by atoms with Crippen molar-refractivity contribution in [1.29, 1.82) is 0 Å². The van der Waals surface area contributed by atoms with Gasteiger partial charge in [0.15, 0.2) is 12.6 Å². The number of amides is 1. The fourth-order valence-corrected chi connectivity index (χ4v) is 3.00. The predicted octanol–water partition coefficient (Wildman–Crippen LogP) is -5.25. The lowest BCUT2D eigenvalue weighted by atomic mass is 9.95. The highest BCUT2D eigenvalue weighted by atomic mass is 16.7. The zero-order valence-corrected chi connectivity index (χ0v) is 14.0. The molecule has 2 aliphatic rings. The highest BCUT2D eigenvalue weighted by molar-refractivity contribution is 5.73. The summed E-state index contributed by atoms with van der Waals surface area (Å²) in [6.45, 7) is -0.127. The zero-order valence-electron chi connectivity index (χ0n) is 14.0. The first-order chi connectivity index (χ1) is 12.2. The maximum Gasteiger partial charge on any atom is 0.217 e. The van der Waals surface area contributed by atoms with E-state index in [9.17, 15) is 40.5 Å². The van der Waals surface area contributed by atoms with E-state index in [-0.39, 0.29) is 0 Å². The molecule has 2 rings (SSSR count). The van der Waals surface area contributed by atoms with E-state index in [0.717, 1.165) is 0 Å². The van der Waals surface area contributed by atoms with E-state index in [1.165, 1.54) is 6.92 Å². The van der Waals surface area contributed by atoms with Crippen LogP contribution in [0.25, 0.3) is 0 Å². The van der Waals surface area contributed by atoms with Gasteiger partial charge in [0, 0.05) is 6.92 Å². The van der Waals surface area contributed by atoms with Crippen LogP contribution < -0.4 is 5.32 Å². The zero-order chi connectivity index (χ0) is 19.6. The standard InChI is InChI=1S/C14H25NO11/c1-4(18)15-7-5(2-16)24-13(23)11(22)12(7)26-14-10(21)9(20)8(19)6(3-17)25-14/h5-14,16-17,19-23H,2-3H2,1H3,(H,15,18)/t5-,6-,7+,8+,9+,10-,11-,12+,13+,14+/m1/s1. The summed E-state index contributed by atoms with van der Waals surface area (Å²) in [4.78, 5) is 11.4. The number of aliphatic hydroxyl groups is 7. The molecule has 12 heteroatoms. The van der Waals surface area contributed by atoms with Gasteiger partial charge in [0.25, 0.3) is 0 Å². The summed E-state index contributed by atoms with van der Waals surface area (Å²) < 4.78 is 15.7. The molecule has 10 atom stereocenters. The Balaban J connectivity index is 2.22. The van der Waals surface area contributed by atoms with E-state index in [1.807, 2.05) is 0 Å². The number of carbonyl (C=O) groups excluding carboxylic acids is 1. The van der Waals surface area contributed by atoms with Crippen molar-refractivity contribution in [3.63, 3.8) is 0 Å². The number of aliphatic hydroxyl groups excluding tert-OH is 7. The van der Waals surface area contributed by atoms with Gasteiger partial charge in [-0.1, -0.05) is 0 Å². The van der Waals surface area contributed by atoms with Gasteiger partial charge in [0.2, 0.25) is 5.91 Å². The van der Waals surface area contributed by atoms with E-state index >= 15 is 0 Å². The second kappa shape index (κ2) is 8.84. The molecule has 0 unspecified atom stereocenters. The van der Waals surface area contributed by atoms with E-state index in [2.05, 4.69) is 5.32 Å². The van der Waals surface area contributed by atoms with Crippen LogP contribution in [0.5, 0.6) is 0 Å². The first-order valence-corrected chi connectivity index (χ1v) is 8.06. The van der Waals surface area contributed by atoms with Crippen LogP contribution in [0.4, 0.5) is 0 Å². The second-order valence-electron chi connectivity index (χ2n) is 6.26. The molecule has 0 aromatic carbocycles. The molecule has 0 aliphatic carbocycles. The Morgan fingerprint density at radius 1 is 0.923 bits per heavy atom. The Morgan fingerprint density at radius 3 is 2.08 bits per heavy atom. The number of rotatable bonds is 5. The van der Waals surface area contributed by atoms with Crippen LogP contribution >= 0.6 is 0 Å². The normalized spacial score (nSPS) is 46.8. The molecule has 0 bridgehead atoms. The van der Waals surface area contributed by atoms with E-state index in [0.29, 0.717) is 0 Å². The van der Waals surface area contributed by atoms with Gasteiger partial charge in [-0.3, -0.25) is 4.79 Å². The highest BCUT2D eigenvalue weighted by Gasteiger charge is 2.50. The van der Waals surface area contributed by atoms with Crippen molar-refractivity contribution in [3.05, 3.63) is 0 Å². The lowest BCUT2D eigenvalue weighted by Gasteiger charge is -2.46. The van der Waals surface area contributed by atoms with Crippen molar-refractivity contribution in [2.24, 2.45) is 0 Å². The summed E-state index contributed by atoms with van der Waals surface area (Å²) in [6.07, 6.45) is -13.9. The van der Waals surface area contributed by atoms with Crippen molar-refractivity contribution in [2.75, 3.05) is 13.2 Å². The Kier molecular flexibility index (Phi) is 7.27. The quantitative estimate of drug-likeness (QED) is 0.226. The largest absolute Gasteiger partial charge is 0.394 e. The summed E-state index contributed by atoms with van der Waals surface area (Å²) in [7, 11) is 0. The molecule has 12 nitrogen and oxygen atoms in total. The molecule has 0 spiro atoms. The molecule has 8 N–H and O–H groups in total. The number of hydrogen-bond acceptors (Lipinski definition) is 11. The molecule has 2 aliphatic heterocycles. The Hall–Kier alpha value is -0.930. The topological polar surface area (TPSA) is 198 Å². The number of hydrogen-bond donors (Lipinski definition) is 8. The summed E-state index contributed by atoms with van der Waals surface area (Å²) in [6, 6.07) is -1.12. The summed E-state index contributed by atoms with van der Waals surface area (Å²) in [5, 5.41) is 70.6. The molecule has 2 saturated heterocycles. The third-order valence-corrected chi connectivity index (χ3v) is 4.39. The summed E-state index contributed by atoms with van der Waals surface area (Å²) >= 11 is 0. The van der Waals surface area contributed by atoms with Crippen LogP contribution in [0.15, 0.2) is 0 Å². The van der Waals surface area contributed by atoms with Gasteiger partial charge in [0.1, 0.15) is 42.7 Å². The summed E-state index contributed by atoms with van der Waals surface area (Å²) in [5.74, 6) is -0.539. The van der Waals surface area contributed by atoms with E-state index in [1.54, 1.807) is 0 Å². The number of ether oxygens (including phenoxy) is 3. The van der Waals surface area contributed by atoms with Gasteiger partial charge in [-0.15, -0.1) is 0 Å². The molecular weight excluding hydrogens is 358 g/mol. The molecule has 0 radical (unpaired) electrons. The van der Waals surface area contributed by atoms with Crippen LogP contribution in [0, 0.1) is 0 Å². The molecule has 1 amide bonds. The molecule has 2 heterocycles. The van der Waals surface area contributed by atoms with E-state index < -0.39 is 80.5 Å². The third-order valence-electron chi connectivity index (χ3n) is 4.39. The van der Waals surface area contributed by atoms with Crippen LogP contribution in [0.1, 0.15) is 6.92 Å². The minimum Gasteiger partial charge on any atom is -0.394 e. The van der Waals surface area contributed by atoms with Gasteiger partial charge in [0.05, 0.1) is 19.3 Å². The second-order valence-corrected chi connectivity index (χ2v) is 6.26.